The fourth-order valence-corrected chi connectivity index (χ4v) is 3.60. The Morgan fingerprint density at radius 1 is 1.16 bits per heavy atom. The van der Waals surface area contributed by atoms with E-state index in [1.54, 1.807) is 4.90 Å². The van der Waals surface area contributed by atoms with Crippen molar-refractivity contribution in [3.8, 4) is 5.69 Å². The van der Waals surface area contributed by atoms with Gasteiger partial charge >= 0.3 is 11.7 Å². The third kappa shape index (κ3) is 3.36. The van der Waals surface area contributed by atoms with E-state index >= 15 is 0 Å². The lowest BCUT2D eigenvalue weighted by Gasteiger charge is -2.32. The molecule has 7 heteroatoms. The second-order valence-electron chi connectivity index (χ2n) is 6.43. The molecule has 0 saturated heterocycles. The molecule has 3 rings (SSSR count). The highest BCUT2D eigenvalue weighted by molar-refractivity contribution is 5.75. The van der Waals surface area contributed by atoms with E-state index in [1.165, 1.54) is 11.1 Å². The van der Waals surface area contributed by atoms with Crippen molar-refractivity contribution < 1.29 is 4.79 Å². The first-order valence-corrected chi connectivity index (χ1v) is 9.11. The van der Waals surface area contributed by atoms with E-state index in [1.807, 2.05) is 38.1 Å². The van der Waals surface area contributed by atoms with Crippen LogP contribution in [0.15, 0.2) is 29.1 Å². The lowest BCUT2D eigenvalue weighted by molar-refractivity contribution is 0.157. The molecule has 1 amide bonds. The molecule has 0 bridgehead atoms. The summed E-state index contributed by atoms with van der Waals surface area (Å²) in [5, 5.41) is 7.80. The van der Waals surface area contributed by atoms with Crippen molar-refractivity contribution in [1.82, 2.24) is 24.7 Å². The smallest absolute Gasteiger partial charge is 0.320 e. The minimum Gasteiger partial charge on any atom is -0.320 e. The third-order valence-electron chi connectivity index (χ3n) is 4.97. The lowest BCUT2D eigenvalue weighted by Crippen LogP contribution is -2.47. The second-order valence-corrected chi connectivity index (χ2v) is 6.43. The average molecular weight is 343 g/mol. The van der Waals surface area contributed by atoms with E-state index in [9.17, 15) is 9.59 Å². The molecule has 7 nitrogen and oxygen atoms in total. The molecule has 1 heterocycles. The summed E-state index contributed by atoms with van der Waals surface area (Å²) in [5.74, 6) is 0. The Morgan fingerprint density at radius 3 is 2.56 bits per heavy atom. The molecule has 1 saturated carbocycles. The van der Waals surface area contributed by atoms with Gasteiger partial charge in [0.05, 0.1) is 5.69 Å². The van der Waals surface area contributed by atoms with E-state index in [2.05, 4.69) is 10.4 Å². The Bertz CT molecular complexity index is 789. The molecule has 0 atom stereocenters. The maximum absolute atomic E-state index is 12.9. The number of rotatable bonds is 4. The minimum absolute atomic E-state index is 0.186. The van der Waals surface area contributed by atoms with Gasteiger partial charge in [-0.05, 0) is 48.2 Å². The Morgan fingerprint density at radius 2 is 1.88 bits per heavy atom. The molecule has 1 aromatic heterocycles. The van der Waals surface area contributed by atoms with Crippen LogP contribution in [0.2, 0.25) is 0 Å². The standard InChI is InChI=1S/C18H25N5O2/c1-3-14-10-8-9-13-16(14)22-18(25)23(20-19-22)17(24)21(4-2)15-11-6-5-7-12-15/h8-10,13,15H,3-7,11-12H2,1-2H3. The van der Waals surface area contributed by atoms with Gasteiger partial charge in [-0.2, -0.15) is 4.68 Å². The van der Waals surface area contributed by atoms with Gasteiger partial charge in [0, 0.05) is 12.6 Å². The van der Waals surface area contributed by atoms with Crippen LogP contribution in [-0.2, 0) is 6.42 Å². The fourth-order valence-electron chi connectivity index (χ4n) is 3.60. The molecule has 0 spiro atoms. The molecular formula is C18H25N5O2. The van der Waals surface area contributed by atoms with Crippen molar-refractivity contribution in [1.29, 1.82) is 0 Å². The summed E-state index contributed by atoms with van der Waals surface area (Å²) in [5.41, 5.74) is 1.15. The van der Waals surface area contributed by atoms with Crippen LogP contribution in [0.25, 0.3) is 5.69 Å². The Kier molecular flexibility index (Phi) is 5.31. The van der Waals surface area contributed by atoms with Crippen LogP contribution in [0.4, 0.5) is 4.79 Å². The Labute approximate surface area is 147 Å². The first-order chi connectivity index (χ1) is 12.2. The van der Waals surface area contributed by atoms with Crippen LogP contribution in [0.3, 0.4) is 0 Å². The molecule has 0 aliphatic heterocycles. The van der Waals surface area contributed by atoms with Crippen LogP contribution >= 0.6 is 0 Å². The van der Waals surface area contributed by atoms with Crippen molar-refractivity contribution in [2.75, 3.05) is 6.54 Å². The summed E-state index contributed by atoms with van der Waals surface area (Å²) in [6.07, 6.45) is 6.21. The molecule has 1 aliphatic carbocycles. The zero-order valence-corrected chi connectivity index (χ0v) is 14.9. The van der Waals surface area contributed by atoms with Crippen molar-refractivity contribution in [3.63, 3.8) is 0 Å². The Hall–Kier alpha value is -2.44. The summed E-state index contributed by atoms with van der Waals surface area (Å²) in [4.78, 5) is 27.4. The van der Waals surface area contributed by atoms with E-state index in [4.69, 9.17) is 0 Å². The average Bonchev–Trinajstić information content (AvgIpc) is 3.04. The van der Waals surface area contributed by atoms with Crippen LogP contribution in [0, 0.1) is 0 Å². The minimum atomic E-state index is -0.514. The number of nitrogens with zero attached hydrogens (tertiary/aromatic N) is 5. The molecule has 134 valence electrons. The predicted molar refractivity (Wildman–Crippen MR) is 95.0 cm³/mol. The molecule has 1 aliphatic rings. The highest BCUT2D eigenvalue weighted by Crippen LogP contribution is 2.22. The van der Waals surface area contributed by atoms with Gasteiger partial charge in [0.2, 0.25) is 0 Å². The van der Waals surface area contributed by atoms with Crippen LogP contribution < -0.4 is 5.69 Å². The zero-order valence-electron chi connectivity index (χ0n) is 14.9. The maximum Gasteiger partial charge on any atom is 0.377 e. The summed E-state index contributed by atoms with van der Waals surface area (Å²) < 4.78 is 2.11. The van der Waals surface area contributed by atoms with Gasteiger partial charge in [-0.25, -0.2) is 9.59 Å². The van der Waals surface area contributed by atoms with Gasteiger partial charge in [-0.3, -0.25) is 0 Å². The second kappa shape index (κ2) is 7.63. The van der Waals surface area contributed by atoms with Crippen molar-refractivity contribution >= 4 is 6.03 Å². The van der Waals surface area contributed by atoms with E-state index in [0.717, 1.165) is 42.3 Å². The van der Waals surface area contributed by atoms with Gasteiger partial charge in [-0.1, -0.05) is 44.4 Å². The van der Waals surface area contributed by atoms with Crippen LogP contribution in [0.1, 0.15) is 51.5 Å². The number of tetrazole rings is 1. The monoisotopic (exact) mass is 343 g/mol. The van der Waals surface area contributed by atoms with E-state index in [-0.39, 0.29) is 12.1 Å². The van der Waals surface area contributed by atoms with Gasteiger partial charge in [-0.15, -0.1) is 4.68 Å². The van der Waals surface area contributed by atoms with E-state index < -0.39 is 5.69 Å². The number of aryl methyl sites for hydroxylation is 1. The molecular weight excluding hydrogens is 318 g/mol. The number of aromatic nitrogens is 4. The summed E-state index contributed by atoms with van der Waals surface area (Å²) in [7, 11) is 0. The molecule has 0 unspecified atom stereocenters. The first-order valence-electron chi connectivity index (χ1n) is 9.11. The van der Waals surface area contributed by atoms with Gasteiger partial charge in [0.1, 0.15) is 0 Å². The predicted octanol–water partition coefficient (Wildman–Crippen LogP) is 2.61. The number of carbonyl (C=O) groups is 1. The SMILES string of the molecule is CCc1ccccc1-n1nnn(C(=O)N(CC)C2CCCCC2)c1=O. The molecule has 0 N–H and O–H groups in total. The Balaban J connectivity index is 1.92. The number of carbonyl (C=O) groups excluding carboxylic acids is 1. The highest BCUT2D eigenvalue weighted by Gasteiger charge is 2.28. The van der Waals surface area contributed by atoms with Crippen molar-refractivity contribution in [3.05, 3.63) is 40.3 Å². The van der Waals surface area contributed by atoms with E-state index in [0.29, 0.717) is 12.2 Å². The molecule has 1 fully saturated rings. The van der Waals surface area contributed by atoms with Crippen molar-refractivity contribution in [2.45, 2.75) is 58.4 Å². The van der Waals surface area contributed by atoms with Gasteiger partial charge in [0.15, 0.2) is 0 Å². The molecule has 1 aromatic carbocycles. The van der Waals surface area contributed by atoms with Crippen LogP contribution in [0.5, 0.6) is 0 Å². The number of hydrogen-bond acceptors (Lipinski definition) is 4. The van der Waals surface area contributed by atoms with Crippen LogP contribution in [-0.4, -0.2) is 43.3 Å². The molecule has 2 aromatic rings. The topological polar surface area (TPSA) is 73.0 Å². The summed E-state index contributed by atoms with van der Waals surface area (Å²) in [6.45, 7) is 4.52. The number of para-hydroxylation sites is 1. The first kappa shape index (κ1) is 17.4. The molecule has 0 radical (unpaired) electrons. The number of hydrogen-bond donors (Lipinski definition) is 0. The number of amides is 1. The summed E-state index contributed by atoms with van der Waals surface area (Å²) >= 11 is 0. The lowest BCUT2D eigenvalue weighted by atomic mass is 9.94. The normalized spacial score (nSPS) is 15.3. The summed E-state index contributed by atoms with van der Waals surface area (Å²) in [6, 6.07) is 7.35. The quantitative estimate of drug-likeness (QED) is 0.800. The number of benzene rings is 1. The fraction of sp³-hybridized carbons (Fsp3) is 0.556. The largest absolute Gasteiger partial charge is 0.377 e. The maximum atomic E-state index is 12.9. The third-order valence-corrected chi connectivity index (χ3v) is 4.97. The van der Waals surface area contributed by atoms with Gasteiger partial charge in [0.25, 0.3) is 0 Å². The highest BCUT2D eigenvalue weighted by atomic mass is 16.2. The van der Waals surface area contributed by atoms with Gasteiger partial charge < -0.3 is 4.90 Å². The molecule has 25 heavy (non-hydrogen) atoms. The zero-order chi connectivity index (χ0) is 17.8. The van der Waals surface area contributed by atoms with Crippen molar-refractivity contribution in [2.24, 2.45) is 0 Å².